The number of hydrogen-bond donors (Lipinski definition) is 1. The second-order valence-electron chi connectivity index (χ2n) is 7.97. The summed E-state index contributed by atoms with van der Waals surface area (Å²) in [5, 5.41) is 3.12. The van der Waals surface area contributed by atoms with Crippen LogP contribution in [0.3, 0.4) is 0 Å². The molecule has 32 heavy (non-hydrogen) atoms. The fraction of sp³-hybridized carbons (Fsp3) is 0.304. The number of hydrogen-bond acceptors (Lipinski definition) is 7. The van der Waals surface area contributed by atoms with E-state index in [4.69, 9.17) is 0 Å². The quantitative estimate of drug-likeness (QED) is 0.664. The van der Waals surface area contributed by atoms with Crippen molar-refractivity contribution < 1.29 is 9.59 Å². The van der Waals surface area contributed by atoms with Crippen molar-refractivity contribution in [3.8, 4) is 0 Å². The van der Waals surface area contributed by atoms with Crippen LogP contribution < -0.4 is 5.32 Å². The lowest BCUT2D eigenvalue weighted by molar-refractivity contribution is 0.0532. The summed E-state index contributed by atoms with van der Waals surface area (Å²) in [5.74, 6) is 0.561. The van der Waals surface area contributed by atoms with E-state index in [0.29, 0.717) is 54.9 Å². The summed E-state index contributed by atoms with van der Waals surface area (Å²) >= 11 is 0. The zero-order chi connectivity index (χ0) is 21.9. The number of aromatic nitrogens is 4. The van der Waals surface area contributed by atoms with Crippen LogP contribution in [0.1, 0.15) is 45.3 Å². The van der Waals surface area contributed by atoms with Crippen LogP contribution in [0.15, 0.2) is 55.2 Å². The number of carbonyl (C=O) groups is 2. The Morgan fingerprint density at radius 2 is 1.53 bits per heavy atom. The van der Waals surface area contributed by atoms with E-state index in [1.54, 1.807) is 28.4 Å². The molecule has 1 saturated carbocycles. The molecule has 3 heterocycles. The molecule has 0 spiro atoms. The highest BCUT2D eigenvalue weighted by molar-refractivity contribution is 5.98. The maximum Gasteiger partial charge on any atom is 0.276 e. The number of anilines is 2. The first kappa shape index (κ1) is 20.0. The summed E-state index contributed by atoms with van der Waals surface area (Å²) in [4.78, 5) is 46.8. The maximum atomic E-state index is 13.4. The van der Waals surface area contributed by atoms with E-state index in [0.717, 1.165) is 18.5 Å². The predicted octanol–water partition coefficient (Wildman–Crippen LogP) is 2.49. The molecular formula is C23H23N7O2. The van der Waals surface area contributed by atoms with Gasteiger partial charge in [-0.3, -0.25) is 9.59 Å². The summed E-state index contributed by atoms with van der Waals surface area (Å²) in [6, 6.07) is 9.21. The van der Waals surface area contributed by atoms with Crippen LogP contribution >= 0.6 is 0 Å². The Hall–Kier alpha value is -3.88. The molecule has 0 bridgehead atoms. The Bertz CT molecular complexity index is 1110. The second kappa shape index (κ2) is 8.70. The van der Waals surface area contributed by atoms with Gasteiger partial charge in [-0.15, -0.1) is 0 Å². The van der Waals surface area contributed by atoms with Gasteiger partial charge in [-0.25, -0.2) is 19.9 Å². The van der Waals surface area contributed by atoms with Gasteiger partial charge in [-0.2, -0.15) is 0 Å². The first-order valence-corrected chi connectivity index (χ1v) is 10.7. The zero-order valence-electron chi connectivity index (χ0n) is 17.5. The van der Waals surface area contributed by atoms with E-state index in [1.807, 2.05) is 30.3 Å². The molecule has 0 unspecified atom stereocenters. The minimum absolute atomic E-state index is 0.0142. The molecule has 2 amide bonds. The van der Waals surface area contributed by atoms with E-state index in [-0.39, 0.29) is 11.8 Å². The van der Waals surface area contributed by atoms with Gasteiger partial charge in [0, 0.05) is 37.7 Å². The SMILES string of the molecule is O=C(c1ccccc1)N1CCN(C(=O)c2nc(C3CC3)cnc2Nc2cncnc2)CC1. The molecule has 2 aromatic heterocycles. The van der Waals surface area contributed by atoms with Crippen molar-refractivity contribution in [2.24, 2.45) is 0 Å². The number of piperazine rings is 1. The standard InChI is InChI=1S/C23H23N7O2/c31-22(17-4-2-1-3-5-17)29-8-10-30(11-9-29)23(32)20-21(27-18-12-24-15-25-13-18)26-14-19(28-20)16-6-7-16/h1-5,12-16H,6-11H2,(H,26,27). The molecular weight excluding hydrogens is 406 g/mol. The summed E-state index contributed by atoms with van der Waals surface area (Å²) < 4.78 is 0. The van der Waals surface area contributed by atoms with E-state index < -0.39 is 0 Å². The Morgan fingerprint density at radius 1 is 0.875 bits per heavy atom. The van der Waals surface area contributed by atoms with Crippen molar-refractivity contribution in [1.29, 1.82) is 0 Å². The van der Waals surface area contributed by atoms with Gasteiger partial charge < -0.3 is 15.1 Å². The van der Waals surface area contributed by atoms with Crippen molar-refractivity contribution in [2.75, 3.05) is 31.5 Å². The first-order valence-electron chi connectivity index (χ1n) is 10.7. The largest absolute Gasteiger partial charge is 0.336 e. The topological polar surface area (TPSA) is 104 Å². The molecule has 1 aliphatic carbocycles. The van der Waals surface area contributed by atoms with Crippen LogP contribution in [-0.4, -0.2) is 67.7 Å². The van der Waals surface area contributed by atoms with E-state index in [1.165, 1.54) is 6.33 Å². The van der Waals surface area contributed by atoms with Crippen LogP contribution in [0, 0.1) is 0 Å². The van der Waals surface area contributed by atoms with Gasteiger partial charge in [0.1, 0.15) is 6.33 Å². The minimum atomic E-state index is -0.189. The fourth-order valence-electron chi connectivity index (χ4n) is 3.75. The normalized spacial score (nSPS) is 16.0. The first-order chi connectivity index (χ1) is 15.7. The van der Waals surface area contributed by atoms with Gasteiger partial charge in [0.05, 0.1) is 30.0 Å². The third kappa shape index (κ3) is 4.27. The van der Waals surface area contributed by atoms with Crippen LogP contribution in [-0.2, 0) is 0 Å². The van der Waals surface area contributed by atoms with E-state index in [2.05, 4.69) is 25.3 Å². The molecule has 3 aromatic rings. The lowest BCUT2D eigenvalue weighted by atomic mass is 10.1. The van der Waals surface area contributed by atoms with Crippen molar-refractivity contribution >= 4 is 23.3 Å². The monoisotopic (exact) mass is 429 g/mol. The second-order valence-corrected chi connectivity index (χ2v) is 7.97. The van der Waals surface area contributed by atoms with Crippen LogP contribution in [0.25, 0.3) is 0 Å². The average Bonchev–Trinajstić information content (AvgIpc) is 3.70. The summed E-state index contributed by atoms with van der Waals surface area (Å²) in [6.07, 6.45) is 8.55. The Balaban J connectivity index is 1.32. The van der Waals surface area contributed by atoms with Gasteiger partial charge in [-0.05, 0) is 25.0 Å². The highest BCUT2D eigenvalue weighted by atomic mass is 16.2. The molecule has 2 fully saturated rings. The Morgan fingerprint density at radius 3 is 2.19 bits per heavy atom. The van der Waals surface area contributed by atoms with Crippen LogP contribution in [0.2, 0.25) is 0 Å². The molecule has 5 rings (SSSR count). The molecule has 1 saturated heterocycles. The molecule has 9 heteroatoms. The van der Waals surface area contributed by atoms with Gasteiger partial charge >= 0.3 is 0 Å². The highest BCUT2D eigenvalue weighted by Gasteiger charge is 2.31. The smallest absolute Gasteiger partial charge is 0.276 e. The number of nitrogens with zero attached hydrogens (tertiary/aromatic N) is 6. The molecule has 1 aromatic carbocycles. The van der Waals surface area contributed by atoms with E-state index >= 15 is 0 Å². The third-order valence-corrected chi connectivity index (χ3v) is 5.69. The molecule has 0 radical (unpaired) electrons. The molecule has 162 valence electrons. The van der Waals surface area contributed by atoms with E-state index in [9.17, 15) is 9.59 Å². The molecule has 2 aliphatic rings. The molecule has 0 atom stereocenters. The van der Waals surface area contributed by atoms with Gasteiger partial charge in [-0.1, -0.05) is 18.2 Å². The lowest BCUT2D eigenvalue weighted by Gasteiger charge is -2.34. The summed E-state index contributed by atoms with van der Waals surface area (Å²) in [5.41, 5.74) is 2.43. The van der Waals surface area contributed by atoms with Gasteiger partial charge in [0.15, 0.2) is 11.5 Å². The zero-order valence-corrected chi connectivity index (χ0v) is 17.5. The highest BCUT2D eigenvalue weighted by Crippen LogP contribution is 2.39. The van der Waals surface area contributed by atoms with Crippen molar-refractivity contribution in [2.45, 2.75) is 18.8 Å². The minimum Gasteiger partial charge on any atom is -0.336 e. The number of benzene rings is 1. The third-order valence-electron chi connectivity index (χ3n) is 5.69. The number of carbonyl (C=O) groups excluding carboxylic acids is 2. The fourth-order valence-corrected chi connectivity index (χ4v) is 3.75. The van der Waals surface area contributed by atoms with Gasteiger partial charge in [0.2, 0.25) is 0 Å². The molecule has 1 N–H and O–H groups in total. The number of rotatable bonds is 5. The number of amides is 2. The van der Waals surface area contributed by atoms with Crippen molar-refractivity contribution in [3.63, 3.8) is 0 Å². The Labute approximate surface area is 185 Å². The maximum absolute atomic E-state index is 13.4. The predicted molar refractivity (Wildman–Crippen MR) is 118 cm³/mol. The summed E-state index contributed by atoms with van der Waals surface area (Å²) in [6.45, 7) is 1.84. The number of nitrogens with one attached hydrogen (secondary N) is 1. The molecule has 1 aliphatic heterocycles. The average molecular weight is 429 g/mol. The van der Waals surface area contributed by atoms with Crippen molar-refractivity contribution in [1.82, 2.24) is 29.7 Å². The van der Waals surface area contributed by atoms with Crippen molar-refractivity contribution in [3.05, 3.63) is 72.2 Å². The molecule has 9 nitrogen and oxygen atoms in total. The summed E-state index contributed by atoms with van der Waals surface area (Å²) in [7, 11) is 0. The Kier molecular flexibility index (Phi) is 5.45. The lowest BCUT2D eigenvalue weighted by Crippen LogP contribution is -2.50. The van der Waals surface area contributed by atoms with Crippen LogP contribution in [0.4, 0.5) is 11.5 Å². The van der Waals surface area contributed by atoms with Crippen LogP contribution in [0.5, 0.6) is 0 Å². The van der Waals surface area contributed by atoms with Gasteiger partial charge in [0.25, 0.3) is 11.8 Å².